The molecular weight excluding hydrogens is 511 g/mol. The molecule has 206 valence electrons. The van der Waals surface area contributed by atoms with Crippen LogP contribution in [-0.2, 0) is 4.79 Å². The number of pyridine rings is 1. The Hall–Kier alpha value is -4.73. The number of anilines is 1. The van der Waals surface area contributed by atoms with Gasteiger partial charge in [-0.2, -0.15) is 0 Å². The van der Waals surface area contributed by atoms with Gasteiger partial charge in [0, 0.05) is 47.3 Å². The Morgan fingerprint density at radius 1 is 0.975 bits per heavy atom. The van der Waals surface area contributed by atoms with E-state index in [1.807, 2.05) is 26.0 Å². The highest BCUT2D eigenvalue weighted by Crippen LogP contribution is 2.34. The number of carbonyl (C=O) groups is 3. The second kappa shape index (κ2) is 11.6. The number of H-pyrrole nitrogens is 2. The van der Waals surface area contributed by atoms with Crippen molar-refractivity contribution in [1.29, 1.82) is 0 Å². The fourth-order valence-corrected chi connectivity index (χ4v) is 4.99. The largest absolute Gasteiger partial charge is 0.358 e. The van der Waals surface area contributed by atoms with Crippen LogP contribution in [0.5, 0.6) is 0 Å². The van der Waals surface area contributed by atoms with E-state index in [2.05, 4.69) is 30.9 Å². The zero-order chi connectivity index (χ0) is 28.2. The fraction of sp³-hybridized carbons (Fsp3) is 0.267. The van der Waals surface area contributed by atoms with Gasteiger partial charge in [0.2, 0.25) is 0 Å². The van der Waals surface area contributed by atoms with Gasteiger partial charge in [-0.1, -0.05) is 12.8 Å². The van der Waals surface area contributed by atoms with E-state index in [0.29, 0.717) is 52.6 Å². The van der Waals surface area contributed by atoms with Crippen LogP contribution in [-0.4, -0.2) is 45.8 Å². The molecule has 4 aromatic rings. The average molecular weight is 543 g/mol. The maximum Gasteiger partial charge on any atom is 0.267 e. The first-order chi connectivity index (χ1) is 19.3. The predicted octanol–water partition coefficient (Wildman–Crippen LogP) is 4.86. The Bertz CT molecular complexity index is 1600. The van der Waals surface area contributed by atoms with E-state index in [-0.39, 0.29) is 17.7 Å². The Labute approximate surface area is 230 Å². The number of rotatable bonds is 10. The lowest BCUT2D eigenvalue weighted by atomic mass is 10.0. The Morgan fingerprint density at radius 3 is 2.48 bits per heavy atom. The highest BCUT2D eigenvalue weighted by atomic mass is 19.1. The number of amides is 3. The highest BCUT2D eigenvalue weighted by Gasteiger charge is 2.26. The first kappa shape index (κ1) is 26.9. The van der Waals surface area contributed by atoms with Crippen LogP contribution >= 0.6 is 0 Å². The zero-order valence-electron chi connectivity index (χ0n) is 22.4. The summed E-state index contributed by atoms with van der Waals surface area (Å²) >= 11 is 0. The summed E-state index contributed by atoms with van der Waals surface area (Å²) in [5.41, 5.74) is 5.35. The van der Waals surface area contributed by atoms with Crippen molar-refractivity contribution in [1.82, 2.24) is 25.6 Å². The molecule has 3 aromatic heterocycles. The minimum Gasteiger partial charge on any atom is -0.358 e. The summed E-state index contributed by atoms with van der Waals surface area (Å²) < 4.78 is 13.8. The number of carbonyl (C=O) groups excluding carboxylic acids is 3. The molecule has 0 atom stereocenters. The number of nitrogens with zero attached hydrogens (tertiary/aromatic N) is 1. The number of aromatic nitrogens is 3. The number of aromatic amines is 2. The molecule has 4 heterocycles. The summed E-state index contributed by atoms with van der Waals surface area (Å²) in [6.07, 6.45) is 8.55. The van der Waals surface area contributed by atoms with Crippen LogP contribution < -0.4 is 16.0 Å². The van der Waals surface area contributed by atoms with Gasteiger partial charge in [-0.05, 0) is 68.7 Å². The van der Waals surface area contributed by atoms with Crippen molar-refractivity contribution in [3.05, 3.63) is 82.3 Å². The van der Waals surface area contributed by atoms with Gasteiger partial charge >= 0.3 is 0 Å². The lowest BCUT2D eigenvalue weighted by Crippen LogP contribution is -2.26. The molecule has 0 saturated carbocycles. The quantitative estimate of drug-likeness (QED) is 0.145. The van der Waals surface area contributed by atoms with Crippen LogP contribution in [0.4, 0.5) is 10.1 Å². The molecule has 0 bridgehead atoms. The topological polar surface area (TPSA) is 132 Å². The second-order valence-electron chi connectivity index (χ2n) is 9.94. The summed E-state index contributed by atoms with van der Waals surface area (Å²) in [5, 5.41) is 9.59. The minimum atomic E-state index is -0.423. The van der Waals surface area contributed by atoms with E-state index < -0.39 is 5.82 Å². The summed E-state index contributed by atoms with van der Waals surface area (Å²) in [7, 11) is 0. The van der Waals surface area contributed by atoms with E-state index in [4.69, 9.17) is 0 Å². The van der Waals surface area contributed by atoms with Crippen LogP contribution in [0.3, 0.4) is 0 Å². The summed E-state index contributed by atoms with van der Waals surface area (Å²) in [5.74, 6) is -1.05. The van der Waals surface area contributed by atoms with Gasteiger partial charge in [0.05, 0.1) is 22.9 Å². The molecule has 5 N–H and O–H groups in total. The van der Waals surface area contributed by atoms with Gasteiger partial charge in [-0.25, -0.2) is 4.39 Å². The number of hydrogen-bond acceptors (Lipinski definition) is 4. The van der Waals surface area contributed by atoms with E-state index in [1.165, 1.54) is 18.2 Å². The van der Waals surface area contributed by atoms with E-state index in [9.17, 15) is 18.8 Å². The minimum absolute atomic E-state index is 0.138. The molecule has 10 heteroatoms. The molecule has 1 aliphatic heterocycles. The predicted molar refractivity (Wildman–Crippen MR) is 152 cm³/mol. The number of fused-ring (bicyclic) bond motifs is 2. The standard InChI is InChI=1S/C30H31FN6O3/c1-17-24(15-22-21-14-20(31)7-8-23(21)37-28(22)38)35-18(2)27(17)30(40)34-11-6-4-3-5-10-33-29(39)25-13-19-9-12-32-16-26(19)36-25/h7-9,12-16,35-36H,3-6,10-11H2,1-2H3,(H,33,39)(H,34,40)(H,37,38)/b22-15-. The van der Waals surface area contributed by atoms with E-state index >= 15 is 0 Å². The third-order valence-corrected chi connectivity index (χ3v) is 7.10. The molecule has 0 saturated heterocycles. The monoisotopic (exact) mass is 542 g/mol. The summed E-state index contributed by atoms with van der Waals surface area (Å²) in [6, 6.07) is 7.84. The number of unbranched alkanes of at least 4 members (excludes halogenated alkanes) is 3. The smallest absolute Gasteiger partial charge is 0.267 e. The normalized spacial score (nSPS) is 13.5. The van der Waals surface area contributed by atoms with E-state index in [1.54, 1.807) is 18.5 Å². The van der Waals surface area contributed by atoms with Gasteiger partial charge in [0.15, 0.2) is 0 Å². The third-order valence-electron chi connectivity index (χ3n) is 7.10. The molecule has 0 aliphatic carbocycles. The molecule has 1 aliphatic rings. The van der Waals surface area contributed by atoms with Crippen LogP contribution in [0, 0.1) is 19.7 Å². The third kappa shape index (κ3) is 5.66. The Balaban J connectivity index is 1.06. The molecule has 3 amide bonds. The van der Waals surface area contributed by atoms with Crippen molar-refractivity contribution >= 4 is 46.0 Å². The first-order valence-electron chi connectivity index (χ1n) is 13.3. The maximum atomic E-state index is 13.8. The van der Waals surface area contributed by atoms with Crippen molar-refractivity contribution in [2.75, 3.05) is 18.4 Å². The SMILES string of the molecule is Cc1[nH]c(/C=C2\C(=O)Nc3ccc(F)cc32)c(C)c1C(=O)NCCCCCCNC(=O)c1cc2ccncc2[nH]1. The van der Waals surface area contributed by atoms with Gasteiger partial charge < -0.3 is 25.9 Å². The van der Waals surface area contributed by atoms with Crippen LogP contribution in [0.2, 0.25) is 0 Å². The van der Waals surface area contributed by atoms with Crippen LogP contribution in [0.15, 0.2) is 42.7 Å². The number of hydrogen-bond donors (Lipinski definition) is 5. The van der Waals surface area contributed by atoms with Crippen molar-refractivity contribution in [2.24, 2.45) is 0 Å². The van der Waals surface area contributed by atoms with Gasteiger partial charge in [-0.15, -0.1) is 0 Å². The Kier molecular flexibility index (Phi) is 7.77. The summed E-state index contributed by atoms with van der Waals surface area (Å²) in [6.45, 7) is 4.75. The second-order valence-corrected chi connectivity index (χ2v) is 9.94. The molecule has 0 radical (unpaired) electrons. The molecular formula is C30H31FN6O3. The lowest BCUT2D eigenvalue weighted by Gasteiger charge is -2.07. The fourth-order valence-electron chi connectivity index (χ4n) is 4.99. The van der Waals surface area contributed by atoms with Gasteiger partial charge in [0.1, 0.15) is 11.5 Å². The molecule has 1 aromatic carbocycles. The van der Waals surface area contributed by atoms with Gasteiger partial charge in [-0.3, -0.25) is 19.4 Å². The van der Waals surface area contributed by atoms with Crippen molar-refractivity contribution in [2.45, 2.75) is 39.5 Å². The maximum absolute atomic E-state index is 13.8. The van der Waals surface area contributed by atoms with Crippen LogP contribution in [0.1, 0.15) is 69.0 Å². The summed E-state index contributed by atoms with van der Waals surface area (Å²) in [4.78, 5) is 48.0. The highest BCUT2D eigenvalue weighted by molar-refractivity contribution is 6.35. The average Bonchev–Trinajstić information content (AvgIpc) is 3.58. The van der Waals surface area contributed by atoms with Crippen LogP contribution in [0.25, 0.3) is 22.6 Å². The number of aryl methyl sites for hydroxylation is 1. The molecule has 9 nitrogen and oxygen atoms in total. The molecule has 5 rings (SSSR count). The molecule has 0 spiro atoms. The molecule has 0 unspecified atom stereocenters. The molecule has 0 fully saturated rings. The van der Waals surface area contributed by atoms with Crippen molar-refractivity contribution < 1.29 is 18.8 Å². The number of nitrogens with one attached hydrogen (secondary N) is 5. The number of benzene rings is 1. The van der Waals surface area contributed by atoms with E-state index in [0.717, 1.165) is 42.1 Å². The van der Waals surface area contributed by atoms with Crippen molar-refractivity contribution in [3.63, 3.8) is 0 Å². The molecule has 40 heavy (non-hydrogen) atoms. The number of halogens is 1. The van der Waals surface area contributed by atoms with Crippen molar-refractivity contribution in [3.8, 4) is 0 Å². The first-order valence-corrected chi connectivity index (χ1v) is 13.3. The van der Waals surface area contributed by atoms with Gasteiger partial charge in [0.25, 0.3) is 17.7 Å². The lowest BCUT2D eigenvalue weighted by molar-refractivity contribution is -0.110. The zero-order valence-corrected chi connectivity index (χ0v) is 22.4. The Morgan fingerprint density at radius 2 is 1.73 bits per heavy atom.